The second-order valence-corrected chi connectivity index (χ2v) is 7.25. The van der Waals surface area contributed by atoms with E-state index in [9.17, 15) is 4.79 Å². The third kappa shape index (κ3) is 3.90. The van der Waals surface area contributed by atoms with Crippen molar-refractivity contribution in [2.24, 2.45) is 0 Å². The number of piperidine rings is 1. The summed E-state index contributed by atoms with van der Waals surface area (Å²) < 4.78 is 0. The Balaban J connectivity index is 1.55. The Bertz CT molecular complexity index is 594. The van der Waals surface area contributed by atoms with Crippen molar-refractivity contribution in [3.63, 3.8) is 0 Å². The van der Waals surface area contributed by atoms with Crippen molar-refractivity contribution < 1.29 is 4.79 Å². The molecule has 1 fully saturated rings. The predicted molar refractivity (Wildman–Crippen MR) is 87.8 cm³/mol. The quantitative estimate of drug-likeness (QED) is 0.910. The summed E-state index contributed by atoms with van der Waals surface area (Å²) in [5, 5.41) is 11.6. The first-order valence-electron chi connectivity index (χ1n) is 7.22. The van der Waals surface area contributed by atoms with E-state index in [1.165, 1.54) is 4.88 Å². The minimum atomic E-state index is 0.0807. The predicted octanol–water partition coefficient (Wildman–Crippen LogP) is 2.67. The standard InChI is InChI=1S/C15H19N3OS2/c1-10-7-11(4-5-16-10)17-14(19)8-12-9-21-15(18-12)13-3-2-6-20-13/h2-3,6,9-11,16H,4-5,7-8H2,1H3,(H,17,19). The van der Waals surface area contributed by atoms with Gasteiger partial charge in [0.2, 0.25) is 5.91 Å². The highest BCUT2D eigenvalue weighted by Crippen LogP contribution is 2.27. The van der Waals surface area contributed by atoms with Crippen LogP contribution in [0.25, 0.3) is 9.88 Å². The topological polar surface area (TPSA) is 54.0 Å². The van der Waals surface area contributed by atoms with Crippen molar-refractivity contribution >= 4 is 28.6 Å². The number of thiophene rings is 1. The van der Waals surface area contributed by atoms with Gasteiger partial charge in [0.05, 0.1) is 17.0 Å². The number of hydrogen-bond donors (Lipinski definition) is 2. The smallest absolute Gasteiger partial charge is 0.226 e. The molecule has 0 radical (unpaired) electrons. The van der Waals surface area contributed by atoms with Crippen LogP contribution in [-0.4, -0.2) is 29.5 Å². The Morgan fingerprint density at radius 2 is 2.43 bits per heavy atom. The molecule has 6 heteroatoms. The molecule has 0 spiro atoms. The average Bonchev–Trinajstić information content (AvgIpc) is 3.08. The Kier molecular flexibility index (Phi) is 4.67. The molecule has 1 amide bonds. The largest absolute Gasteiger partial charge is 0.353 e. The summed E-state index contributed by atoms with van der Waals surface area (Å²) >= 11 is 3.28. The molecule has 0 aromatic carbocycles. The molecule has 2 aromatic rings. The van der Waals surface area contributed by atoms with Crippen molar-refractivity contribution in [2.45, 2.75) is 38.3 Å². The Hall–Kier alpha value is -1.24. The van der Waals surface area contributed by atoms with E-state index in [2.05, 4.69) is 28.6 Å². The van der Waals surface area contributed by atoms with Gasteiger partial charge in [-0.25, -0.2) is 4.98 Å². The van der Waals surface area contributed by atoms with Gasteiger partial charge < -0.3 is 10.6 Å². The average molecular weight is 321 g/mol. The summed E-state index contributed by atoms with van der Waals surface area (Å²) in [5.74, 6) is 0.0807. The number of carbonyl (C=O) groups excluding carboxylic acids is 1. The molecular formula is C15H19N3OS2. The van der Waals surface area contributed by atoms with Gasteiger partial charge in [0.15, 0.2) is 0 Å². The molecule has 4 nitrogen and oxygen atoms in total. The van der Waals surface area contributed by atoms with Crippen LogP contribution in [0, 0.1) is 0 Å². The minimum Gasteiger partial charge on any atom is -0.353 e. The van der Waals surface area contributed by atoms with Gasteiger partial charge in [0, 0.05) is 17.5 Å². The second kappa shape index (κ2) is 6.68. The van der Waals surface area contributed by atoms with Crippen molar-refractivity contribution in [1.29, 1.82) is 0 Å². The number of aromatic nitrogens is 1. The zero-order valence-electron chi connectivity index (χ0n) is 12.0. The lowest BCUT2D eigenvalue weighted by molar-refractivity contribution is -0.121. The van der Waals surface area contributed by atoms with Crippen molar-refractivity contribution in [2.75, 3.05) is 6.54 Å². The lowest BCUT2D eigenvalue weighted by Gasteiger charge is -2.28. The third-order valence-corrected chi connectivity index (χ3v) is 5.54. The highest BCUT2D eigenvalue weighted by molar-refractivity contribution is 7.20. The maximum absolute atomic E-state index is 12.1. The number of nitrogens with zero attached hydrogens (tertiary/aromatic N) is 1. The number of nitrogens with one attached hydrogen (secondary N) is 2. The van der Waals surface area contributed by atoms with E-state index in [0.29, 0.717) is 18.5 Å². The molecule has 2 aromatic heterocycles. The van der Waals surface area contributed by atoms with E-state index in [0.717, 1.165) is 30.1 Å². The Morgan fingerprint density at radius 1 is 1.52 bits per heavy atom. The molecule has 112 valence electrons. The summed E-state index contributed by atoms with van der Waals surface area (Å²) in [4.78, 5) is 17.8. The van der Waals surface area contributed by atoms with Gasteiger partial charge in [-0.2, -0.15) is 0 Å². The van der Waals surface area contributed by atoms with Gasteiger partial charge in [-0.05, 0) is 37.8 Å². The fourth-order valence-electron chi connectivity index (χ4n) is 2.61. The first kappa shape index (κ1) is 14.7. The molecule has 0 aliphatic carbocycles. The minimum absolute atomic E-state index is 0.0807. The number of thiazole rings is 1. The first-order chi connectivity index (χ1) is 10.2. The van der Waals surface area contributed by atoms with Crippen molar-refractivity contribution in [1.82, 2.24) is 15.6 Å². The molecular weight excluding hydrogens is 302 g/mol. The van der Waals surface area contributed by atoms with E-state index in [1.807, 2.05) is 16.8 Å². The summed E-state index contributed by atoms with van der Waals surface area (Å²) in [6.07, 6.45) is 2.39. The lowest BCUT2D eigenvalue weighted by Crippen LogP contribution is -2.46. The second-order valence-electron chi connectivity index (χ2n) is 5.44. The Morgan fingerprint density at radius 3 is 3.19 bits per heavy atom. The van der Waals surface area contributed by atoms with Crippen LogP contribution in [0.1, 0.15) is 25.5 Å². The molecule has 0 saturated carbocycles. The maximum Gasteiger partial charge on any atom is 0.226 e. The third-order valence-electron chi connectivity index (χ3n) is 3.61. The zero-order chi connectivity index (χ0) is 14.7. The van der Waals surface area contributed by atoms with Crippen LogP contribution in [0.4, 0.5) is 0 Å². The molecule has 1 aliphatic rings. The molecule has 2 N–H and O–H groups in total. The lowest BCUT2D eigenvalue weighted by atomic mass is 10.0. The van der Waals surface area contributed by atoms with Crippen LogP contribution in [0.3, 0.4) is 0 Å². The van der Waals surface area contributed by atoms with E-state index < -0.39 is 0 Å². The fourth-order valence-corrected chi connectivity index (χ4v) is 4.24. The molecule has 3 rings (SSSR count). The van der Waals surface area contributed by atoms with Crippen molar-refractivity contribution in [3.05, 3.63) is 28.6 Å². The van der Waals surface area contributed by atoms with Gasteiger partial charge in [-0.1, -0.05) is 6.07 Å². The maximum atomic E-state index is 12.1. The SMILES string of the molecule is CC1CC(NC(=O)Cc2csc(-c3cccs3)n2)CCN1. The van der Waals surface area contributed by atoms with Gasteiger partial charge in [-0.3, -0.25) is 4.79 Å². The molecule has 1 saturated heterocycles. The number of rotatable bonds is 4. The normalized spacial score (nSPS) is 22.1. The Labute approximate surface area is 132 Å². The fraction of sp³-hybridized carbons (Fsp3) is 0.467. The first-order valence-corrected chi connectivity index (χ1v) is 8.97. The summed E-state index contributed by atoms with van der Waals surface area (Å²) in [6.45, 7) is 3.14. The molecule has 2 atom stereocenters. The number of carbonyl (C=O) groups is 1. The highest BCUT2D eigenvalue weighted by Gasteiger charge is 2.20. The molecule has 21 heavy (non-hydrogen) atoms. The highest BCUT2D eigenvalue weighted by atomic mass is 32.1. The number of hydrogen-bond acceptors (Lipinski definition) is 5. The van der Waals surface area contributed by atoms with Gasteiger partial charge >= 0.3 is 0 Å². The van der Waals surface area contributed by atoms with Crippen LogP contribution >= 0.6 is 22.7 Å². The van der Waals surface area contributed by atoms with Crippen LogP contribution in [0.2, 0.25) is 0 Å². The van der Waals surface area contributed by atoms with Gasteiger partial charge in [0.25, 0.3) is 0 Å². The van der Waals surface area contributed by atoms with Crippen LogP contribution in [0.5, 0.6) is 0 Å². The van der Waals surface area contributed by atoms with Crippen LogP contribution in [-0.2, 0) is 11.2 Å². The monoisotopic (exact) mass is 321 g/mol. The molecule has 2 unspecified atom stereocenters. The van der Waals surface area contributed by atoms with E-state index in [4.69, 9.17) is 0 Å². The zero-order valence-corrected chi connectivity index (χ0v) is 13.6. The van der Waals surface area contributed by atoms with E-state index in [1.54, 1.807) is 22.7 Å². The summed E-state index contributed by atoms with van der Waals surface area (Å²) in [6, 6.07) is 4.86. The summed E-state index contributed by atoms with van der Waals surface area (Å²) in [5.41, 5.74) is 0.864. The van der Waals surface area contributed by atoms with Crippen LogP contribution in [0.15, 0.2) is 22.9 Å². The number of amides is 1. The van der Waals surface area contributed by atoms with E-state index in [-0.39, 0.29) is 5.91 Å². The van der Waals surface area contributed by atoms with Crippen LogP contribution < -0.4 is 10.6 Å². The van der Waals surface area contributed by atoms with E-state index >= 15 is 0 Å². The summed E-state index contributed by atoms with van der Waals surface area (Å²) in [7, 11) is 0. The van der Waals surface area contributed by atoms with Gasteiger partial charge in [-0.15, -0.1) is 22.7 Å². The molecule has 1 aliphatic heterocycles. The molecule has 3 heterocycles. The molecule has 0 bridgehead atoms. The van der Waals surface area contributed by atoms with Gasteiger partial charge in [0.1, 0.15) is 5.01 Å². The van der Waals surface area contributed by atoms with Crippen molar-refractivity contribution in [3.8, 4) is 9.88 Å².